The largest absolute Gasteiger partial charge is 0.456 e. The van der Waals surface area contributed by atoms with Crippen molar-refractivity contribution in [2.24, 2.45) is 0 Å². The highest BCUT2D eigenvalue weighted by molar-refractivity contribution is 5.84. The van der Waals surface area contributed by atoms with Gasteiger partial charge in [-0.25, -0.2) is 13.2 Å². The summed E-state index contributed by atoms with van der Waals surface area (Å²) >= 11 is 0. The predicted molar refractivity (Wildman–Crippen MR) is 132 cm³/mol. The van der Waals surface area contributed by atoms with E-state index >= 15 is 8.78 Å². The summed E-state index contributed by atoms with van der Waals surface area (Å²) < 4.78 is 61.3. The van der Waals surface area contributed by atoms with E-state index in [1.165, 1.54) is 0 Å². The lowest BCUT2D eigenvalue weighted by Crippen LogP contribution is -2.43. The van der Waals surface area contributed by atoms with E-state index in [9.17, 15) is 14.6 Å². The first-order chi connectivity index (χ1) is 18.0. The number of halogens is 3. The van der Waals surface area contributed by atoms with E-state index in [0.717, 1.165) is 22.8 Å². The molecule has 0 aliphatic carbocycles. The molecular formula is C28H25F3N2O5. The van der Waals surface area contributed by atoms with Crippen molar-refractivity contribution in [2.75, 3.05) is 13.2 Å². The van der Waals surface area contributed by atoms with Crippen LogP contribution in [0.2, 0.25) is 0 Å². The molecule has 0 bridgehead atoms. The Morgan fingerprint density at radius 2 is 1.66 bits per heavy atom. The Bertz CT molecular complexity index is 1500. The molecule has 3 N–H and O–H groups in total. The Hall–Kier alpha value is -3.44. The number of ether oxygens (including phenoxy) is 3. The third-order valence-electron chi connectivity index (χ3n) is 7.09. The molecule has 0 unspecified atom stereocenters. The minimum atomic E-state index is -2.38. The lowest BCUT2D eigenvalue weighted by atomic mass is 9.94. The zero-order valence-electron chi connectivity index (χ0n) is 20.5. The van der Waals surface area contributed by atoms with Gasteiger partial charge in [0.05, 0.1) is 29.9 Å². The molecule has 0 spiro atoms. The van der Waals surface area contributed by atoms with Crippen LogP contribution >= 0.6 is 0 Å². The highest BCUT2D eigenvalue weighted by atomic mass is 19.2. The average Bonchev–Trinajstić information content (AvgIpc) is 3.52. The second kappa shape index (κ2) is 8.81. The zero-order chi connectivity index (χ0) is 26.8. The lowest BCUT2D eigenvalue weighted by molar-refractivity contribution is -0.169. The van der Waals surface area contributed by atoms with Crippen molar-refractivity contribution < 1.29 is 37.6 Å². The molecule has 0 amide bonds. The first kappa shape index (κ1) is 24.9. The number of fused-ring (bicyclic) bond motifs is 2. The topological polar surface area (TPSA) is 96.8 Å². The number of aromatic amines is 1. The zero-order valence-corrected chi connectivity index (χ0v) is 20.5. The number of benzene rings is 3. The quantitative estimate of drug-likeness (QED) is 0.352. The highest BCUT2D eigenvalue weighted by Gasteiger charge is 2.62. The first-order valence-corrected chi connectivity index (χ1v) is 12.2. The van der Waals surface area contributed by atoms with Crippen LogP contribution in [0.3, 0.4) is 0 Å². The third-order valence-corrected chi connectivity index (χ3v) is 7.09. The fourth-order valence-corrected chi connectivity index (χ4v) is 4.97. The Morgan fingerprint density at radius 1 is 1.03 bits per heavy atom. The number of aliphatic hydroxyl groups is 2. The van der Waals surface area contributed by atoms with E-state index in [-0.39, 0.29) is 35.8 Å². The third kappa shape index (κ3) is 4.04. The smallest absolute Gasteiger partial charge is 0.295 e. The van der Waals surface area contributed by atoms with Crippen LogP contribution in [-0.2, 0) is 15.1 Å². The van der Waals surface area contributed by atoms with E-state index < -0.39 is 41.4 Å². The molecule has 2 aliphatic rings. The van der Waals surface area contributed by atoms with Gasteiger partial charge >= 0.3 is 0 Å². The van der Waals surface area contributed by atoms with Crippen LogP contribution in [0.1, 0.15) is 19.4 Å². The number of aromatic nitrogens is 2. The van der Waals surface area contributed by atoms with Gasteiger partial charge in [0.1, 0.15) is 17.4 Å². The number of hydrogen-bond acceptors (Lipinski definition) is 6. The lowest BCUT2D eigenvalue weighted by Gasteiger charge is -2.20. The number of H-pyrrole nitrogens is 1. The van der Waals surface area contributed by atoms with Crippen molar-refractivity contribution in [3.8, 4) is 28.3 Å². The standard InChI is InChI=1S/C28H25F3N2O5/c1-27(2,35)17-9-7-15(8-10-17)14-3-5-16(6-4-14)22-18(29)11-19-24(23(22)30)33-26(32-19)38-20-12-37-28(31)21(34)13-36-25(20)28/h3-11,20-21,25,34-35H,12-13H2,1-2H3,(H,32,33)/t20-,21-,25-,28-/m1/s1. The van der Waals surface area contributed by atoms with Crippen LogP contribution < -0.4 is 4.74 Å². The maximum Gasteiger partial charge on any atom is 0.295 e. The minimum Gasteiger partial charge on any atom is -0.456 e. The van der Waals surface area contributed by atoms with Crippen molar-refractivity contribution >= 4 is 11.0 Å². The molecule has 2 aliphatic heterocycles. The molecule has 4 atom stereocenters. The van der Waals surface area contributed by atoms with Gasteiger partial charge in [-0.2, -0.15) is 4.98 Å². The maximum absolute atomic E-state index is 15.5. The summed E-state index contributed by atoms with van der Waals surface area (Å²) in [4.78, 5) is 6.82. The summed E-state index contributed by atoms with van der Waals surface area (Å²) in [6.45, 7) is 2.97. The SMILES string of the molecule is CC(C)(O)c1ccc(-c2ccc(-c3c(F)cc4[nH]c(O[C@@H]5CO[C@]6(F)[C@H](O)CO[C@H]56)nc4c3F)cc2)cc1. The van der Waals surface area contributed by atoms with E-state index in [2.05, 4.69) is 9.97 Å². The highest BCUT2D eigenvalue weighted by Crippen LogP contribution is 2.40. The average molecular weight is 527 g/mol. The number of nitrogens with one attached hydrogen (secondary N) is 1. The van der Waals surface area contributed by atoms with E-state index in [0.29, 0.717) is 5.56 Å². The Labute approximate surface area is 215 Å². The van der Waals surface area contributed by atoms with Gasteiger partial charge in [-0.3, -0.25) is 0 Å². The molecule has 4 aromatic rings. The molecule has 38 heavy (non-hydrogen) atoms. The minimum absolute atomic E-state index is 0.0695. The summed E-state index contributed by atoms with van der Waals surface area (Å²) in [5.74, 6) is -4.05. The Balaban J connectivity index is 1.26. The summed E-state index contributed by atoms with van der Waals surface area (Å²) in [7, 11) is 0. The first-order valence-electron chi connectivity index (χ1n) is 12.2. The monoisotopic (exact) mass is 526 g/mol. The molecule has 7 nitrogen and oxygen atoms in total. The molecule has 3 heterocycles. The molecule has 6 rings (SSSR count). The Morgan fingerprint density at radius 3 is 2.32 bits per heavy atom. The molecule has 2 fully saturated rings. The fourth-order valence-electron chi connectivity index (χ4n) is 4.97. The van der Waals surface area contributed by atoms with Gasteiger partial charge in [0, 0.05) is 6.07 Å². The van der Waals surface area contributed by atoms with Crippen LogP contribution in [0, 0.1) is 11.6 Å². The van der Waals surface area contributed by atoms with Crippen LogP contribution in [0.4, 0.5) is 13.2 Å². The van der Waals surface area contributed by atoms with Crippen molar-refractivity contribution in [1.29, 1.82) is 0 Å². The second-order valence-electron chi connectivity index (χ2n) is 10.1. The van der Waals surface area contributed by atoms with Crippen LogP contribution in [0.25, 0.3) is 33.3 Å². The van der Waals surface area contributed by atoms with E-state index in [4.69, 9.17) is 14.2 Å². The van der Waals surface area contributed by atoms with E-state index in [1.54, 1.807) is 38.1 Å². The summed E-state index contributed by atoms with van der Waals surface area (Å²) in [6.07, 6.45) is -3.55. The number of alkyl halides is 1. The number of imidazole rings is 1. The second-order valence-corrected chi connectivity index (χ2v) is 10.1. The molecule has 3 aromatic carbocycles. The summed E-state index contributed by atoms with van der Waals surface area (Å²) in [6, 6.07) is 15.2. The Kier molecular flexibility index (Phi) is 5.76. The van der Waals surface area contributed by atoms with Crippen LogP contribution in [-0.4, -0.2) is 57.6 Å². The van der Waals surface area contributed by atoms with Crippen molar-refractivity contribution in [3.63, 3.8) is 0 Å². The summed E-state index contributed by atoms with van der Waals surface area (Å²) in [5.41, 5.74) is 1.56. The van der Waals surface area contributed by atoms with Gasteiger partial charge in [-0.1, -0.05) is 48.5 Å². The molecule has 2 saturated heterocycles. The number of nitrogens with zero attached hydrogens (tertiary/aromatic N) is 1. The molecule has 10 heteroatoms. The van der Waals surface area contributed by atoms with Gasteiger partial charge < -0.3 is 29.4 Å². The van der Waals surface area contributed by atoms with Crippen molar-refractivity contribution in [2.45, 2.75) is 43.6 Å². The maximum atomic E-state index is 15.5. The number of aliphatic hydroxyl groups excluding tert-OH is 1. The number of rotatable bonds is 5. The van der Waals surface area contributed by atoms with Gasteiger partial charge in [0.15, 0.2) is 18.0 Å². The van der Waals surface area contributed by atoms with Gasteiger partial charge in [0.2, 0.25) is 0 Å². The molecule has 0 radical (unpaired) electrons. The van der Waals surface area contributed by atoms with Gasteiger partial charge in [0.25, 0.3) is 11.9 Å². The molecular weight excluding hydrogens is 501 g/mol. The molecule has 0 saturated carbocycles. The molecule has 1 aromatic heterocycles. The number of hydrogen-bond donors (Lipinski definition) is 3. The van der Waals surface area contributed by atoms with Gasteiger partial charge in [-0.05, 0) is 36.1 Å². The molecule has 198 valence electrons. The fraction of sp³-hybridized carbons (Fsp3) is 0.321. The van der Waals surface area contributed by atoms with E-state index in [1.807, 2.05) is 24.3 Å². The predicted octanol–water partition coefficient (Wildman–Crippen LogP) is 4.61. The van der Waals surface area contributed by atoms with Crippen molar-refractivity contribution in [1.82, 2.24) is 9.97 Å². The normalized spacial score (nSPS) is 25.2. The van der Waals surface area contributed by atoms with Crippen molar-refractivity contribution in [3.05, 3.63) is 71.8 Å². The van der Waals surface area contributed by atoms with Crippen LogP contribution in [0.5, 0.6) is 6.01 Å². The summed E-state index contributed by atoms with van der Waals surface area (Å²) in [5, 5.41) is 19.9. The van der Waals surface area contributed by atoms with Crippen LogP contribution in [0.15, 0.2) is 54.6 Å². The van der Waals surface area contributed by atoms with Gasteiger partial charge in [-0.15, -0.1) is 0 Å².